The molecule has 0 bridgehead atoms. The van der Waals surface area contributed by atoms with Crippen LogP contribution in [0.25, 0.3) is 0 Å². The Morgan fingerprint density at radius 3 is 2.89 bits per heavy atom. The lowest BCUT2D eigenvalue weighted by atomic mass is 9.99. The Hall–Kier alpha value is -2.52. The molecule has 1 aromatic heterocycles. The van der Waals surface area contributed by atoms with Gasteiger partial charge in [-0.05, 0) is 43.2 Å². The number of aromatic nitrogens is 1. The number of benzene rings is 1. The summed E-state index contributed by atoms with van der Waals surface area (Å²) < 4.78 is 45.9. The molecule has 1 aliphatic rings. The summed E-state index contributed by atoms with van der Waals surface area (Å²) in [6.45, 7) is 0.586. The zero-order chi connectivity index (χ0) is 20.1. The van der Waals surface area contributed by atoms with Gasteiger partial charge in [0.05, 0.1) is 25.3 Å². The Balaban J connectivity index is 1.72. The van der Waals surface area contributed by atoms with Crippen molar-refractivity contribution in [2.45, 2.75) is 24.3 Å². The van der Waals surface area contributed by atoms with Crippen LogP contribution in [-0.4, -0.2) is 43.8 Å². The molecule has 0 radical (unpaired) electrons. The van der Waals surface area contributed by atoms with Crippen molar-refractivity contribution in [3.8, 4) is 5.75 Å². The van der Waals surface area contributed by atoms with Crippen molar-refractivity contribution in [1.29, 1.82) is 0 Å². The highest BCUT2D eigenvalue weighted by Crippen LogP contribution is 2.30. The Labute approximate surface area is 163 Å². The van der Waals surface area contributed by atoms with E-state index < -0.39 is 21.8 Å². The molecule has 0 unspecified atom stereocenters. The van der Waals surface area contributed by atoms with Gasteiger partial charge >= 0.3 is 0 Å². The zero-order valence-corrected chi connectivity index (χ0v) is 16.3. The number of piperidine rings is 1. The molecular weight excluding hydrogens is 385 g/mol. The van der Waals surface area contributed by atoms with Crippen molar-refractivity contribution in [3.05, 3.63) is 54.1 Å². The van der Waals surface area contributed by atoms with Crippen LogP contribution in [0.15, 0.2) is 47.5 Å². The van der Waals surface area contributed by atoms with Crippen LogP contribution in [0.1, 0.15) is 18.5 Å². The van der Waals surface area contributed by atoms with Crippen molar-refractivity contribution in [2.75, 3.05) is 20.2 Å². The highest BCUT2D eigenvalue weighted by molar-refractivity contribution is 7.89. The topological polar surface area (TPSA) is 88.6 Å². The summed E-state index contributed by atoms with van der Waals surface area (Å²) in [6.07, 6.45) is 2.77. The van der Waals surface area contributed by atoms with E-state index in [1.807, 2.05) is 6.07 Å². The van der Waals surface area contributed by atoms with Crippen molar-refractivity contribution >= 4 is 15.9 Å². The summed E-state index contributed by atoms with van der Waals surface area (Å²) in [7, 11) is -2.66. The molecule has 9 heteroatoms. The minimum Gasteiger partial charge on any atom is -0.495 e. The average Bonchev–Trinajstić information content (AvgIpc) is 2.72. The Morgan fingerprint density at radius 2 is 2.18 bits per heavy atom. The normalized spacial score (nSPS) is 17.9. The van der Waals surface area contributed by atoms with Crippen molar-refractivity contribution in [1.82, 2.24) is 14.6 Å². The predicted octanol–water partition coefficient (Wildman–Crippen LogP) is 1.95. The number of rotatable bonds is 6. The number of methoxy groups -OCH3 is 1. The molecule has 28 heavy (non-hydrogen) atoms. The quantitative estimate of drug-likeness (QED) is 0.791. The first-order chi connectivity index (χ1) is 13.4. The van der Waals surface area contributed by atoms with E-state index in [0.29, 0.717) is 12.8 Å². The highest BCUT2D eigenvalue weighted by atomic mass is 32.2. The summed E-state index contributed by atoms with van der Waals surface area (Å²) >= 11 is 0. The lowest BCUT2D eigenvalue weighted by Crippen LogP contribution is -2.45. The maximum Gasteiger partial charge on any atom is 0.246 e. The molecule has 1 aliphatic heterocycles. The first-order valence-corrected chi connectivity index (χ1v) is 10.4. The lowest BCUT2D eigenvalue weighted by Gasteiger charge is -2.31. The third-order valence-electron chi connectivity index (χ3n) is 4.67. The number of hydrogen-bond acceptors (Lipinski definition) is 5. The largest absolute Gasteiger partial charge is 0.495 e. The van der Waals surface area contributed by atoms with Crippen molar-refractivity contribution < 1.29 is 22.3 Å². The number of nitrogens with zero attached hydrogens (tertiary/aromatic N) is 2. The number of hydrogen-bond donors (Lipinski definition) is 1. The van der Waals surface area contributed by atoms with Gasteiger partial charge in [-0.1, -0.05) is 6.07 Å². The fourth-order valence-electron chi connectivity index (χ4n) is 3.19. The van der Waals surface area contributed by atoms with Gasteiger partial charge in [0, 0.05) is 19.3 Å². The standard InChI is InChI=1S/C19H22FN3O4S/c1-27-17-8-7-15(20)11-18(17)28(25,26)23-10-4-5-14(13-23)19(24)22-12-16-6-2-3-9-21-16/h2-3,6-9,11,14H,4-5,10,12-13H2,1H3,(H,22,24)/t14-/m0/s1. The number of pyridine rings is 1. The zero-order valence-electron chi connectivity index (χ0n) is 15.5. The second-order valence-electron chi connectivity index (χ2n) is 6.54. The SMILES string of the molecule is COc1ccc(F)cc1S(=O)(=O)N1CCC[C@H](C(=O)NCc2ccccn2)C1. The summed E-state index contributed by atoms with van der Waals surface area (Å²) in [6, 6.07) is 8.78. The maximum absolute atomic E-state index is 13.6. The molecule has 1 aromatic carbocycles. The van der Waals surface area contributed by atoms with Crippen LogP contribution in [-0.2, 0) is 21.4 Å². The minimum atomic E-state index is -3.98. The molecule has 1 atom stereocenters. The maximum atomic E-state index is 13.6. The fraction of sp³-hybridized carbons (Fsp3) is 0.368. The van der Waals surface area contributed by atoms with E-state index >= 15 is 0 Å². The second kappa shape index (κ2) is 8.66. The van der Waals surface area contributed by atoms with E-state index in [-0.39, 0.29) is 36.2 Å². The first kappa shape index (κ1) is 20.2. The number of carbonyl (C=O) groups excluding carboxylic acids is 1. The molecule has 0 aliphatic carbocycles. The van der Waals surface area contributed by atoms with E-state index in [1.54, 1.807) is 18.3 Å². The third-order valence-corrected chi connectivity index (χ3v) is 6.55. The van der Waals surface area contributed by atoms with Gasteiger partial charge in [0.25, 0.3) is 0 Å². The molecule has 1 N–H and O–H groups in total. The number of carbonyl (C=O) groups is 1. The van der Waals surface area contributed by atoms with Gasteiger partial charge in [0.1, 0.15) is 16.5 Å². The second-order valence-corrected chi connectivity index (χ2v) is 8.44. The van der Waals surface area contributed by atoms with Gasteiger partial charge in [-0.2, -0.15) is 4.31 Å². The molecule has 2 heterocycles. The van der Waals surface area contributed by atoms with Crippen LogP contribution < -0.4 is 10.1 Å². The number of ether oxygens (including phenoxy) is 1. The van der Waals surface area contributed by atoms with E-state index in [2.05, 4.69) is 10.3 Å². The smallest absolute Gasteiger partial charge is 0.246 e. The van der Waals surface area contributed by atoms with Gasteiger partial charge in [0.2, 0.25) is 15.9 Å². The minimum absolute atomic E-state index is 0.0378. The fourth-order valence-corrected chi connectivity index (χ4v) is 4.88. The Kier molecular flexibility index (Phi) is 6.25. The lowest BCUT2D eigenvalue weighted by molar-refractivity contribution is -0.126. The highest BCUT2D eigenvalue weighted by Gasteiger charge is 2.35. The van der Waals surface area contributed by atoms with Gasteiger partial charge < -0.3 is 10.1 Å². The van der Waals surface area contributed by atoms with Crippen LogP contribution >= 0.6 is 0 Å². The third kappa shape index (κ3) is 4.48. The Bertz CT molecular complexity index is 937. The first-order valence-electron chi connectivity index (χ1n) is 8.93. The molecule has 7 nitrogen and oxygen atoms in total. The predicted molar refractivity (Wildman–Crippen MR) is 101 cm³/mol. The molecule has 150 valence electrons. The number of nitrogens with one attached hydrogen (secondary N) is 1. The summed E-state index contributed by atoms with van der Waals surface area (Å²) in [5, 5.41) is 2.80. The average molecular weight is 407 g/mol. The summed E-state index contributed by atoms with van der Waals surface area (Å²) in [5.74, 6) is -1.30. The summed E-state index contributed by atoms with van der Waals surface area (Å²) in [4.78, 5) is 16.4. The molecule has 3 rings (SSSR count). The van der Waals surface area contributed by atoms with Crippen LogP contribution in [0, 0.1) is 11.7 Å². The number of amides is 1. The van der Waals surface area contributed by atoms with Crippen molar-refractivity contribution in [3.63, 3.8) is 0 Å². The van der Waals surface area contributed by atoms with Gasteiger partial charge in [0.15, 0.2) is 0 Å². The molecule has 1 saturated heterocycles. The Morgan fingerprint density at radius 1 is 1.36 bits per heavy atom. The van der Waals surface area contributed by atoms with Crippen LogP contribution in [0.3, 0.4) is 0 Å². The summed E-state index contributed by atoms with van der Waals surface area (Å²) in [5.41, 5.74) is 0.723. The molecule has 1 fully saturated rings. The van der Waals surface area contributed by atoms with Crippen LogP contribution in [0.5, 0.6) is 5.75 Å². The molecule has 2 aromatic rings. The van der Waals surface area contributed by atoms with Gasteiger partial charge in [-0.15, -0.1) is 0 Å². The monoisotopic (exact) mass is 407 g/mol. The van der Waals surface area contributed by atoms with Gasteiger partial charge in [-0.3, -0.25) is 9.78 Å². The van der Waals surface area contributed by atoms with Crippen LogP contribution in [0.2, 0.25) is 0 Å². The van der Waals surface area contributed by atoms with E-state index in [9.17, 15) is 17.6 Å². The molecule has 1 amide bonds. The van der Waals surface area contributed by atoms with Crippen LogP contribution in [0.4, 0.5) is 4.39 Å². The van der Waals surface area contributed by atoms with E-state index in [0.717, 1.165) is 17.8 Å². The van der Waals surface area contributed by atoms with E-state index in [1.165, 1.54) is 17.5 Å². The molecule has 0 saturated carbocycles. The number of sulfonamides is 1. The van der Waals surface area contributed by atoms with Gasteiger partial charge in [-0.25, -0.2) is 12.8 Å². The molecule has 0 spiro atoms. The number of halogens is 1. The van der Waals surface area contributed by atoms with E-state index in [4.69, 9.17) is 4.74 Å². The van der Waals surface area contributed by atoms with Crippen molar-refractivity contribution in [2.24, 2.45) is 5.92 Å². The molecular formula is C19H22FN3O4S.